The molecule has 0 fully saturated rings. The number of nitrogens with one attached hydrogen (secondary N) is 1. The molecule has 0 aliphatic carbocycles. The molecule has 2 aromatic rings. The summed E-state index contributed by atoms with van der Waals surface area (Å²) in [7, 11) is 1.47. The number of hydrogen-bond donors (Lipinski definition) is 2. The Morgan fingerprint density at radius 3 is 2.81 bits per heavy atom. The largest absolute Gasteiger partial charge is 0.481 e. The fourth-order valence-electron chi connectivity index (χ4n) is 2.06. The van der Waals surface area contributed by atoms with E-state index in [0.29, 0.717) is 11.4 Å². The van der Waals surface area contributed by atoms with E-state index in [-0.39, 0.29) is 16.5 Å². The van der Waals surface area contributed by atoms with Crippen molar-refractivity contribution in [3.8, 4) is 5.88 Å². The molecule has 112 valence electrons. The molecule has 2 rings (SSSR count). The van der Waals surface area contributed by atoms with E-state index in [4.69, 9.17) is 10.6 Å². The first kappa shape index (κ1) is 15.8. The lowest BCUT2D eigenvalue weighted by Crippen LogP contribution is -2.30. The molecular weight excluding hydrogens is 344 g/mol. The van der Waals surface area contributed by atoms with Crippen LogP contribution in [0.2, 0.25) is 0 Å². The molecule has 1 aromatic heterocycles. The number of hydrazine groups is 1. The van der Waals surface area contributed by atoms with Crippen molar-refractivity contribution in [2.75, 3.05) is 7.11 Å². The van der Waals surface area contributed by atoms with Crippen LogP contribution in [0, 0.1) is 11.6 Å². The van der Waals surface area contributed by atoms with Crippen LogP contribution in [0.3, 0.4) is 0 Å². The molecule has 7 heteroatoms. The van der Waals surface area contributed by atoms with Crippen molar-refractivity contribution in [3.63, 3.8) is 0 Å². The van der Waals surface area contributed by atoms with Gasteiger partial charge in [0.1, 0.15) is 11.6 Å². The van der Waals surface area contributed by atoms with Gasteiger partial charge in [0.25, 0.3) is 0 Å². The highest BCUT2D eigenvalue weighted by Crippen LogP contribution is 2.29. The zero-order valence-electron chi connectivity index (χ0n) is 11.2. The molecule has 3 N–H and O–H groups in total. The molecule has 0 aliphatic heterocycles. The lowest BCUT2D eigenvalue weighted by molar-refractivity contribution is 0.381. The Kier molecular flexibility index (Phi) is 5.22. The number of ether oxygens (including phenoxy) is 1. The second kappa shape index (κ2) is 6.93. The third kappa shape index (κ3) is 3.37. The van der Waals surface area contributed by atoms with Crippen LogP contribution in [0.15, 0.2) is 34.9 Å². The first-order valence-electron chi connectivity index (χ1n) is 6.15. The number of hydrogen-bond acceptors (Lipinski definition) is 4. The molecule has 1 heterocycles. The molecule has 1 atom stereocenters. The monoisotopic (exact) mass is 357 g/mol. The van der Waals surface area contributed by atoms with Crippen molar-refractivity contribution in [1.82, 2.24) is 10.4 Å². The van der Waals surface area contributed by atoms with E-state index in [0.717, 1.165) is 0 Å². The number of benzene rings is 1. The molecule has 0 bridgehead atoms. The second-order valence-electron chi connectivity index (χ2n) is 4.35. The average molecular weight is 358 g/mol. The van der Waals surface area contributed by atoms with E-state index < -0.39 is 17.7 Å². The normalized spacial score (nSPS) is 12.2. The maximum absolute atomic E-state index is 14.1. The lowest BCUT2D eigenvalue weighted by Gasteiger charge is -2.19. The van der Waals surface area contributed by atoms with E-state index in [1.54, 1.807) is 18.3 Å². The highest BCUT2D eigenvalue weighted by molar-refractivity contribution is 9.10. The predicted molar refractivity (Wildman–Crippen MR) is 78.6 cm³/mol. The third-order valence-electron chi connectivity index (χ3n) is 3.12. The minimum Gasteiger partial charge on any atom is -0.481 e. The van der Waals surface area contributed by atoms with Gasteiger partial charge in [-0.05, 0) is 40.5 Å². The van der Waals surface area contributed by atoms with Crippen LogP contribution in [0.4, 0.5) is 8.78 Å². The summed E-state index contributed by atoms with van der Waals surface area (Å²) in [6, 6.07) is 5.44. The van der Waals surface area contributed by atoms with Crippen LogP contribution in [0.1, 0.15) is 17.2 Å². The number of aromatic nitrogens is 1. The quantitative estimate of drug-likeness (QED) is 0.490. The maximum atomic E-state index is 14.1. The van der Waals surface area contributed by atoms with E-state index >= 15 is 0 Å². The van der Waals surface area contributed by atoms with E-state index in [1.165, 1.54) is 19.2 Å². The first-order chi connectivity index (χ1) is 10.1. The van der Waals surface area contributed by atoms with Crippen molar-refractivity contribution < 1.29 is 13.5 Å². The van der Waals surface area contributed by atoms with E-state index in [9.17, 15) is 8.78 Å². The zero-order valence-corrected chi connectivity index (χ0v) is 12.8. The lowest BCUT2D eigenvalue weighted by atomic mass is 9.99. The Morgan fingerprint density at radius 2 is 2.14 bits per heavy atom. The number of methoxy groups -OCH3 is 1. The Hall–Kier alpha value is -1.57. The Bertz CT molecular complexity index is 640. The summed E-state index contributed by atoms with van der Waals surface area (Å²) >= 11 is 3.05. The molecule has 0 amide bonds. The summed E-state index contributed by atoms with van der Waals surface area (Å²) in [6.45, 7) is 0. The van der Waals surface area contributed by atoms with Gasteiger partial charge in [0.2, 0.25) is 5.88 Å². The highest BCUT2D eigenvalue weighted by Gasteiger charge is 2.21. The summed E-state index contributed by atoms with van der Waals surface area (Å²) in [5.41, 5.74) is 3.12. The van der Waals surface area contributed by atoms with Gasteiger partial charge < -0.3 is 4.74 Å². The fraction of sp³-hybridized carbons (Fsp3) is 0.214. The second-order valence-corrected chi connectivity index (χ2v) is 5.20. The van der Waals surface area contributed by atoms with E-state index in [2.05, 4.69) is 26.3 Å². The average Bonchev–Trinajstić information content (AvgIpc) is 2.51. The third-order valence-corrected chi connectivity index (χ3v) is 3.73. The maximum Gasteiger partial charge on any atom is 0.217 e. The molecule has 0 spiro atoms. The van der Waals surface area contributed by atoms with Gasteiger partial charge in [-0.25, -0.2) is 13.8 Å². The van der Waals surface area contributed by atoms with Crippen molar-refractivity contribution in [1.29, 1.82) is 0 Å². The van der Waals surface area contributed by atoms with Gasteiger partial charge >= 0.3 is 0 Å². The van der Waals surface area contributed by atoms with Gasteiger partial charge in [0.15, 0.2) is 0 Å². The SMILES string of the molecule is COc1ncccc1C(Cc1c(F)ccc(Br)c1F)NN. The van der Waals surface area contributed by atoms with E-state index in [1.807, 2.05) is 0 Å². The van der Waals surface area contributed by atoms with Gasteiger partial charge in [-0.1, -0.05) is 6.07 Å². The Balaban J connectivity index is 2.38. The molecule has 0 saturated heterocycles. The summed E-state index contributed by atoms with van der Waals surface area (Å²) in [6.07, 6.45) is 1.59. The minimum absolute atomic E-state index is 0.0235. The molecular formula is C14H14BrF2N3O. The van der Waals surface area contributed by atoms with Gasteiger partial charge in [-0.2, -0.15) is 0 Å². The fourth-order valence-corrected chi connectivity index (χ4v) is 2.43. The van der Waals surface area contributed by atoms with Gasteiger partial charge in [0, 0.05) is 17.3 Å². The topological polar surface area (TPSA) is 60.2 Å². The molecule has 1 aromatic carbocycles. The first-order valence-corrected chi connectivity index (χ1v) is 6.95. The zero-order chi connectivity index (χ0) is 15.4. The van der Waals surface area contributed by atoms with Crippen molar-refractivity contribution in [2.45, 2.75) is 12.5 Å². The standard InChI is InChI=1S/C14H14BrF2N3O/c1-21-14-8(3-2-6-19-14)12(20-18)7-9-11(16)5-4-10(15)13(9)17/h2-6,12,20H,7,18H2,1H3. The Labute approximate surface area is 129 Å². The minimum atomic E-state index is -0.641. The summed E-state index contributed by atoms with van der Waals surface area (Å²) in [5, 5.41) is 0. The summed E-state index contributed by atoms with van der Waals surface area (Å²) < 4.78 is 33.3. The highest BCUT2D eigenvalue weighted by atomic mass is 79.9. The Morgan fingerprint density at radius 1 is 1.38 bits per heavy atom. The van der Waals surface area contributed by atoms with Crippen LogP contribution < -0.4 is 16.0 Å². The van der Waals surface area contributed by atoms with Crippen molar-refractivity contribution in [2.24, 2.45) is 5.84 Å². The number of rotatable bonds is 5. The smallest absolute Gasteiger partial charge is 0.217 e. The van der Waals surface area contributed by atoms with Crippen LogP contribution in [0.25, 0.3) is 0 Å². The van der Waals surface area contributed by atoms with Crippen LogP contribution >= 0.6 is 15.9 Å². The molecule has 4 nitrogen and oxygen atoms in total. The molecule has 21 heavy (non-hydrogen) atoms. The summed E-state index contributed by atoms with van der Waals surface area (Å²) in [4.78, 5) is 4.06. The van der Waals surface area contributed by atoms with Crippen LogP contribution in [-0.4, -0.2) is 12.1 Å². The molecule has 0 saturated carbocycles. The molecule has 0 aliphatic rings. The van der Waals surface area contributed by atoms with Gasteiger partial charge in [-0.15, -0.1) is 0 Å². The van der Waals surface area contributed by atoms with Crippen molar-refractivity contribution in [3.05, 3.63) is 57.7 Å². The van der Waals surface area contributed by atoms with Crippen LogP contribution in [0.5, 0.6) is 5.88 Å². The predicted octanol–water partition coefficient (Wildman–Crippen LogP) is 2.88. The van der Waals surface area contributed by atoms with Gasteiger partial charge in [0.05, 0.1) is 17.6 Å². The molecule has 1 unspecified atom stereocenters. The van der Waals surface area contributed by atoms with Gasteiger partial charge in [-0.3, -0.25) is 11.3 Å². The van der Waals surface area contributed by atoms with Crippen molar-refractivity contribution >= 4 is 15.9 Å². The van der Waals surface area contributed by atoms with Crippen LogP contribution in [-0.2, 0) is 6.42 Å². The summed E-state index contributed by atoms with van der Waals surface area (Å²) in [5.74, 6) is 4.62. The molecule has 0 radical (unpaired) electrons. The number of nitrogens with zero attached hydrogens (tertiary/aromatic N) is 1. The number of halogens is 3. The number of nitrogens with two attached hydrogens (primary N) is 1. The number of pyridine rings is 1.